The van der Waals surface area contributed by atoms with E-state index in [0.717, 1.165) is 15.9 Å². The van der Waals surface area contributed by atoms with E-state index in [-0.39, 0.29) is 23.7 Å². The fourth-order valence-corrected chi connectivity index (χ4v) is 6.86. The highest BCUT2D eigenvalue weighted by atomic mass is 32.1. The second kappa shape index (κ2) is 9.88. The van der Waals surface area contributed by atoms with Gasteiger partial charge in [-0.05, 0) is 48.9 Å². The molecule has 1 amide bonds. The van der Waals surface area contributed by atoms with Crippen LogP contribution in [0.1, 0.15) is 55.3 Å². The summed E-state index contributed by atoms with van der Waals surface area (Å²) in [6.45, 7) is 2.87. The van der Waals surface area contributed by atoms with Crippen LogP contribution in [-0.4, -0.2) is 61.0 Å². The number of rotatable bonds is 4. The number of benzene rings is 1. The summed E-state index contributed by atoms with van der Waals surface area (Å²) in [6.07, 6.45) is 5.77. The molecule has 10 nitrogen and oxygen atoms in total. The maximum atomic E-state index is 13.5. The van der Waals surface area contributed by atoms with E-state index in [1.807, 2.05) is 36.1 Å². The van der Waals surface area contributed by atoms with Gasteiger partial charge in [-0.3, -0.25) is 14.6 Å². The second-order valence-electron chi connectivity index (χ2n) is 10.7. The van der Waals surface area contributed by atoms with Crippen molar-refractivity contribution in [3.8, 4) is 22.7 Å². The SMILES string of the molecule is Cc1nn(-c2ccccn2)c2sc(C(=O)N3CCC4(CC3)CC(=O)c3cc(-c5cncc(C(=O)[O-])c5)ccc3O4)cc12. The van der Waals surface area contributed by atoms with E-state index in [4.69, 9.17) is 4.74 Å². The van der Waals surface area contributed by atoms with Crippen molar-refractivity contribution in [2.45, 2.75) is 31.8 Å². The third-order valence-corrected chi connectivity index (χ3v) is 9.08. The van der Waals surface area contributed by atoms with Crippen molar-refractivity contribution in [1.82, 2.24) is 24.6 Å². The van der Waals surface area contributed by atoms with E-state index in [0.29, 0.717) is 59.1 Å². The Morgan fingerprint density at radius 1 is 1.05 bits per heavy atom. The van der Waals surface area contributed by atoms with Gasteiger partial charge in [-0.1, -0.05) is 12.1 Å². The number of ether oxygens (including phenoxy) is 1. The van der Waals surface area contributed by atoms with Crippen molar-refractivity contribution in [2.24, 2.45) is 0 Å². The molecular formula is C31H24N5O5S-. The zero-order valence-corrected chi connectivity index (χ0v) is 23.4. The van der Waals surface area contributed by atoms with Crippen LogP contribution < -0.4 is 9.84 Å². The first-order chi connectivity index (χ1) is 20.3. The molecule has 0 atom stereocenters. The van der Waals surface area contributed by atoms with Gasteiger partial charge in [-0.2, -0.15) is 5.10 Å². The molecule has 2 aliphatic heterocycles. The van der Waals surface area contributed by atoms with Crippen LogP contribution in [0.4, 0.5) is 0 Å². The molecule has 42 heavy (non-hydrogen) atoms. The minimum atomic E-state index is -1.31. The van der Waals surface area contributed by atoms with E-state index >= 15 is 0 Å². The number of aromatic carboxylic acids is 1. The van der Waals surface area contributed by atoms with Gasteiger partial charge in [0.05, 0.1) is 28.5 Å². The zero-order valence-electron chi connectivity index (χ0n) is 22.6. The van der Waals surface area contributed by atoms with E-state index in [2.05, 4.69) is 15.1 Å². The average molecular weight is 579 g/mol. The van der Waals surface area contributed by atoms with E-state index in [1.165, 1.54) is 23.6 Å². The topological polar surface area (TPSA) is 130 Å². The van der Waals surface area contributed by atoms with Gasteiger partial charge in [0.15, 0.2) is 11.6 Å². The van der Waals surface area contributed by atoms with Gasteiger partial charge in [0.2, 0.25) is 0 Å². The van der Waals surface area contributed by atoms with E-state index < -0.39 is 11.6 Å². The monoisotopic (exact) mass is 578 g/mol. The number of carbonyl (C=O) groups excluding carboxylic acids is 3. The Morgan fingerprint density at radius 2 is 1.88 bits per heavy atom. The summed E-state index contributed by atoms with van der Waals surface area (Å²) < 4.78 is 8.22. The number of pyridine rings is 2. The molecule has 0 unspecified atom stereocenters. The summed E-state index contributed by atoms with van der Waals surface area (Å²) in [4.78, 5) is 49.8. The molecule has 6 heterocycles. The number of carbonyl (C=O) groups is 3. The standard InChI is InChI=1S/C31H25N5O5S/c1-18-22-14-26(42-29(22)36(34-18)27-4-2-3-9-33-27)28(38)35-10-7-31(8-11-35)15-24(37)23-13-19(5-6-25(23)41-31)20-12-21(30(39)40)17-32-16-20/h2-6,9,12-14,16-17H,7-8,10-11,15H2,1H3,(H,39,40)/p-1. The quantitative estimate of drug-likeness (QED) is 0.314. The number of hydrogen-bond donors (Lipinski definition) is 0. The molecule has 0 aliphatic carbocycles. The molecule has 0 N–H and O–H groups in total. The van der Waals surface area contributed by atoms with Crippen molar-refractivity contribution in [3.05, 3.63) is 88.8 Å². The average Bonchev–Trinajstić information content (AvgIpc) is 3.58. The van der Waals surface area contributed by atoms with Crippen LogP contribution in [0.15, 0.2) is 67.1 Å². The molecule has 1 saturated heterocycles. The van der Waals surface area contributed by atoms with Gasteiger partial charge in [-0.15, -0.1) is 11.3 Å². The Labute approximate surface area is 244 Å². The summed E-state index contributed by atoms with van der Waals surface area (Å²) in [7, 11) is 0. The lowest BCUT2D eigenvalue weighted by atomic mass is 9.82. The molecule has 2 aliphatic rings. The summed E-state index contributed by atoms with van der Waals surface area (Å²) >= 11 is 1.40. The van der Waals surface area contributed by atoms with Crippen LogP contribution in [-0.2, 0) is 0 Å². The molecule has 1 spiro atoms. The first kappa shape index (κ1) is 26.0. The van der Waals surface area contributed by atoms with Crippen molar-refractivity contribution in [2.75, 3.05) is 13.1 Å². The third kappa shape index (κ3) is 4.42. The van der Waals surface area contributed by atoms with Gasteiger partial charge >= 0.3 is 0 Å². The number of carboxylic acids is 1. The molecule has 7 rings (SSSR count). The van der Waals surface area contributed by atoms with Gasteiger partial charge in [0.25, 0.3) is 5.91 Å². The maximum absolute atomic E-state index is 13.5. The summed E-state index contributed by atoms with van der Waals surface area (Å²) in [6, 6.07) is 14.3. The molecule has 210 valence electrons. The van der Waals surface area contributed by atoms with Crippen molar-refractivity contribution >= 4 is 39.2 Å². The number of fused-ring (bicyclic) bond motifs is 2. The summed E-state index contributed by atoms with van der Waals surface area (Å²) in [5.74, 6) is -0.200. The molecule has 5 aromatic rings. The number of piperidine rings is 1. The fraction of sp³-hybridized carbons (Fsp3) is 0.226. The highest BCUT2D eigenvalue weighted by molar-refractivity contribution is 7.20. The largest absolute Gasteiger partial charge is 0.545 e. The first-order valence-electron chi connectivity index (χ1n) is 13.5. The summed E-state index contributed by atoms with van der Waals surface area (Å²) in [5.41, 5.74) is 1.83. The van der Waals surface area contributed by atoms with Crippen LogP contribution in [0.2, 0.25) is 0 Å². The lowest BCUT2D eigenvalue weighted by molar-refractivity contribution is -0.255. The van der Waals surface area contributed by atoms with Gasteiger partial charge in [-0.25, -0.2) is 9.67 Å². The molecule has 1 aromatic carbocycles. The second-order valence-corrected chi connectivity index (χ2v) is 11.7. The minimum Gasteiger partial charge on any atom is -0.545 e. The third-order valence-electron chi connectivity index (χ3n) is 7.98. The van der Waals surface area contributed by atoms with Crippen molar-refractivity contribution in [3.63, 3.8) is 0 Å². The van der Waals surface area contributed by atoms with Crippen molar-refractivity contribution < 1.29 is 24.2 Å². The lowest BCUT2D eigenvalue weighted by Crippen LogP contribution is -2.52. The minimum absolute atomic E-state index is 0.0333. The fourth-order valence-electron chi connectivity index (χ4n) is 5.72. The van der Waals surface area contributed by atoms with Crippen molar-refractivity contribution in [1.29, 1.82) is 0 Å². The predicted molar refractivity (Wildman–Crippen MR) is 153 cm³/mol. The highest BCUT2D eigenvalue weighted by Crippen LogP contribution is 2.41. The van der Waals surface area contributed by atoms with Gasteiger partial charge in [0, 0.05) is 61.0 Å². The number of likely N-dealkylation sites (tertiary alicyclic amines) is 1. The number of thiophene rings is 1. The molecule has 1 fully saturated rings. The zero-order chi connectivity index (χ0) is 29.0. The number of hydrogen-bond acceptors (Lipinski definition) is 9. The highest BCUT2D eigenvalue weighted by Gasteiger charge is 2.44. The number of ketones is 1. The molecular weight excluding hydrogens is 554 g/mol. The Bertz CT molecular complexity index is 1890. The first-order valence-corrected chi connectivity index (χ1v) is 14.3. The molecule has 4 aromatic heterocycles. The molecule has 11 heteroatoms. The molecule has 0 bridgehead atoms. The van der Waals surface area contributed by atoms with E-state index in [1.54, 1.807) is 35.3 Å². The summed E-state index contributed by atoms with van der Waals surface area (Å²) in [5, 5.41) is 16.8. The lowest BCUT2D eigenvalue weighted by Gasteiger charge is -2.44. The Balaban J connectivity index is 1.08. The van der Waals surface area contributed by atoms with Gasteiger partial charge < -0.3 is 19.5 Å². The van der Waals surface area contributed by atoms with Crippen LogP contribution in [0.5, 0.6) is 5.75 Å². The number of amides is 1. The van der Waals surface area contributed by atoms with Crippen LogP contribution in [0.25, 0.3) is 27.2 Å². The van der Waals surface area contributed by atoms with Crippen LogP contribution in [0.3, 0.4) is 0 Å². The Morgan fingerprint density at radius 3 is 2.64 bits per heavy atom. The number of carboxylic acid groups (broad SMARTS) is 1. The molecule has 0 saturated carbocycles. The number of aromatic nitrogens is 4. The number of nitrogens with zero attached hydrogens (tertiary/aromatic N) is 5. The Kier molecular flexibility index (Phi) is 6.12. The Hall–Kier alpha value is -4.90. The van der Waals surface area contributed by atoms with E-state index in [9.17, 15) is 19.5 Å². The smallest absolute Gasteiger partial charge is 0.264 e. The van der Waals surface area contributed by atoms with Crippen LogP contribution in [0, 0.1) is 6.92 Å². The normalized spacial score (nSPS) is 15.9. The number of Topliss-reactive ketones (excluding diaryl/α,β-unsaturated/α-hetero) is 1. The maximum Gasteiger partial charge on any atom is 0.264 e. The number of aryl methyl sites for hydroxylation is 1. The molecule has 0 radical (unpaired) electrons. The van der Waals surface area contributed by atoms with Crippen LogP contribution >= 0.6 is 11.3 Å². The predicted octanol–water partition coefficient (Wildman–Crippen LogP) is 3.86. The van der Waals surface area contributed by atoms with Gasteiger partial charge in [0.1, 0.15) is 16.2 Å².